The van der Waals surface area contributed by atoms with Crippen LogP contribution in [0.15, 0.2) is 4.99 Å². The Balaban J connectivity index is 0. The highest BCUT2D eigenvalue weighted by atomic mass is 127. The molecule has 0 aromatic heterocycles. The summed E-state index contributed by atoms with van der Waals surface area (Å²) < 4.78 is 10.1. The maximum Gasteiger partial charge on any atom is 0.191 e. The van der Waals surface area contributed by atoms with Crippen molar-refractivity contribution < 1.29 is 9.47 Å². The molecule has 16 heavy (non-hydrogen) atoms. The van der Waals surface area contributed by atoms with Gasteiger partial charge in [0.2, 0.25) is 0 Å². The van der Waals surface area contributed by atoms with Crippen LogP contribution >= 0.6 is 24.0 Å². The molecule has 5 nitrogen and oxygen atoms in total. The van der Waals surface area contributed by atoms with Crippen LogP contribution in [0.5, 0.6) is 0 Å². The quantitative estimate of drug-likeness (QED) is 0.296. The summed E-state index contributed by atoms with van der Waals surface area (Å²) in [5, 5.41) is 6.30. The van der Waals surface area contributed by atoms with Crippen LogP contribution < -0.4 is 10.6 Å². The van der Waals surface area contributed by atoms with E-state index in [1.54, 1.807) is 7.11 Å². The van der Waals surface area contributed by atoms with Gasteiger partial charge < -0.3 is 20.1 Å². The van der Waals surface area contributed by atoms with Crippen molar-refractivity contribution in [1.82, 2.24) is 10.6 Å². The fourth-order valence-electron chi connectivity index (χ4n) is 0.980. The minimum absolute atomic E-state index is 0. The third kappa shape index (κ3) is 12.0. The molecule has 0 aromatic rings. The number of halogens is 1. The van der Waals surface area contributed by atoms with Gasteiger partial charge in [0, 0.05) is 26.8 Å². The number of hydrogen-bond donors (Lipinski definition) is 2. The van der Waals surface area contributed by atoms with Gasteiger partial charge in [-0.1, -0.05) is 0 Å². The lowest BCUT2D eigenvalue weighted by molar-refractivity contribution is 0.155. The molecule has 0 atom stereocenters. The Hall–Kier alpha value is -0.0800. The van der Waals surface area contributed by atoms with E-state index in [4.69, 9.17) is 9.47 Å². The van der Waals surface area contributed by atoms with Crippen molar-refractivity contribution in [2.24, 2.45) is 4.99 Å². The van der Waals surface area contributed by atoms with Crippen LogP contribution in [0.25, 0.3) is 0 Å². The summed E-state index contributed by atoms with van der Waals surface area (Å²) in [5.74, 6) is 0.814. The van der Waals surface area contributed by atoms with Crippen LogP contribution in [0.2, 0.25) is 0 Å². The molecule has 0 rings (SSSR count). The second-order valence-corrected chi connectivity index (χ2v) is 2.88. The van der Waals surface area contributed by atoms with Crippen LogP contribution in [0, 0.1) is 0 Å². The predicted octanol–water partition coefficient (Wildman–Crippen LogP) is 0.842. The molecule has 0 heterocycles. The second-order valence-electron chi connectivity index (χ2n) is 2.88. The van der Waals surface area contributed by atoms with E-state index in [1.165, 1.54) is 0 Å². The van der Waals surface area contributed by atoms with E-state index in [0.29, 0.717) is 19.8 Å². The van der Waals surface area contributed by atoms with Crippen molar-refractivity contribution in [2.45, 2.75) is 13.8 Å². The lowest BCUT2D eigenvalue weighted by atomic mass is 10.6. The van der Waals surface area contributed by atoms with Gasteiger partial charge in [-0.2, -0.15) is 0 Å². The second kappa shape index (κ2) is 14.9. The Morgan fingerprint density at radius 2 is 1.94 bits per heavy atom. The molecule has 0 saturated carbocycles. The predicted molar refractivity (Wildman–Crippen MR) is 77.8 cm³/mol. The van der Waals surface area contributed by atoms with Gasteiger partial charge in [-0.05, 0) is 13.8 Å². The van der Waals surface area contributed by atoms with E-state index in [-0.39, 0.29) is 24.0 Å². The molecule has 0 saturated heterocycles. The molecule has 2 N–H and O–H groups in total. The first-order valence-electron chi connectivity index (χ1n) is 5.44. The Bertz CT molecular complexity index is 168. The molecular formula is C10H24IN3O2. The van der Waals surface area contributed by atoms with Gasteiger partial charge in [-0.3, -0.25) is 4.99 Å². The summed E-state index contributed by atoms with van der Waals surface area (Å²) >= 11 is 0. The summed E-state index contributed by atoms with van der Waals surface area (Å²) in [6.07, 6.45) is 0. The number of ether oxygens (including phenoxy) is 2. The first-order valence-corrected chi connectivity index (χ1v) is 5.44. The van der Waals surface area contributed by atoms with Gasteiger partial charge >= 0.3 is 0 Å². The van der Waals surface area contributed by atoms with Crippen molar-refractivity contribution in [1.29, 1.82) is 0 Å². The number of methoxy groups -OCH3 is 1. The molecule has 0 radical (unpaired) electrons. The molecule has 0 bridgehead atoms. The van der Waals surface area contributed by atoms with E-state index >= 15 is 0 Å². The Morgan fingerprint density at radius 3 is 2.50 bits per heavy atom. The molecule has 0 unspecified atom stereocenters. The highest BCUT2D eigenvalue weighted by Crippen LogP contribution is 1.77. The van der Waals surface area contributed by atoms with Crippen LogP contribution in [-0.2, 0) is 9.47 Å². The number of nitrogens with zero attached hydrogens (tertiary/aromatic N) is 1. The number of guanidine groups is 1. The largest absolute Gasteiger partial charge is 0.383 e. The van der Waals surface area contributed by atoms with E-state index in [0.717, 1.165) is 25.7 Å². The number of aliphatic imine (C=N–C) groups is 1. The molecule has 0 aliphatic rings. The summed E-state index contributed by atoms with van der Waals surface area (Å²) in [5.41, 5.74) is 0. The van der Waals surface area contributed by atoms with Crippen LogP contribution in [0.1, 0.15) is 13.8 Å². The molecule has 98 valence electrons. The zero-order valence-electron chi connectivity index (χ0n) is 10.4. The SMILES string of the molecule is CCNC(=NCCOCC)NCCOC.I. The van der Waals surface area contributed by atoms with E-state index in [1.807, 2.05) is 13.8 Å². The minimum atomic E-state index is 0. The monoisotopic (exact) mass is 345 g/mol. The topological polar surface area (TPSA) is 54.9 Å². The minimum Gasteiger partial charge on any atom is -0.383 e. The molecule has 0 fully saturated rings. The third-order valence-electron chi connectivity index (χ3n) is 1.65. The molecule has 0 spiro atoms. The fourth-order valence-corrected chi connectivity index (χ4v) is 0.980. The normalized spacial score (nSPS) is 10.8. The van der Waals surface area contributed by atoms with Gasteiger partial charge in [-0.15, -0.1) is 24.0 Å². The first kappa shape index (κ1) is 18.3. The average Bonchev–Trinajstić information content (AvgIpc) is 2.24. The van der Waals surface area contributed by atoms with Crippen LogP contribution in [0.3, 0.4) is 0 Å². The van der Waals surface area contributed by atoms with Crippen molar-refractivity contribution in [3.8, 4) is 0 Å². The van der Waals surface area contributed by atoms with Gasteiger partial charge in [0.05, 0.1) is 19.8 Å². The molecule has 6 heteroatoms. The summed E-state index contributed by atoms with van der Waals surface area (Å²) in [6, 6.07) is 0. The van der Waals surface area contributed by atoms with Crippen LogP contribution in [-0.4, -0.2) is 52.5 Å². The molecule has 0 aromatic carbocycles. The fraction of sp³-hybridized carbons (Fsp3) is 0.900. The molecule has 0 amide bonds. The Morgan fingerprint density at radius 1 is 1.19 bits per heavy atom. The number of rotatable bonds is 8. The summed E-state index contributed by atoms with van der Waals surface area (Å²) in [6.45, 7) is 8.39. The van der Waals surface area contributed by atoms with Gasteiger partial charge in [0.25, 0.3) is 0 Å². The van der Waals surface area contributed by atoms with Crippen molar-refractivity contribution >= 4 is 29.9 Å². The van der Waals surface area contributed by atoms with E-state index < -0.39 is 0 Å². The third-order valence-corrected chi connectivity index (χ3v) is 1.65. The Kier molecular flexibility index (Phi) is 17.1. The number of nitrogens with one attached hydrogen (secondary N) is 2. The van der Waals surface area contributed by atoms with Gasteiger partial charge in [-0.25, -0.2) is 0 Å². The first-order chi connectivity index (χ1) is 7.35. The van der Waals surface area contributed by atoms with E-state index in [2.05, 4.69) is 15.6 Å². The maximum absolute atomic E-state index is 5.20. The molecule has 0 aliphatic heterocycles. The van der Waals surface area contributed by atoms with Crippen molar-refractivity contribution in [3.63, 3.8) is 0 Å². The highest BCUT2D eigenvalue weighted by molar-refractivity contribution is 14.0. The average molecular weight is 345 g/mol. The van der Waals surface area contributed by atoms with Crippen LogP contribution in [0.4, 0.5) is 0 Å². The smallest absolute Gasteiger partial charge is 0.191 e. The van der Waals surface area contributed by atoms with Gasteiger partial charge in [0.15, 0.2) is 5.96 Å². The lowest BCUT2D eigenvalue weighted by Gasteiger charge is -2.10. The Labute approximate surface area is 115 Å². The zero-order chi connectivity index (χ0) is 11.4. The standard InChI is InChI=1S/C10H23N3O2.HI/c1-4-11-10(12-6-8-14-3)13-7-9-15-5-2;/h4-9H2,1-3H3,(H2,11,12,13);1H. The molecular weight excluding hydrogens is 321 g/mol. The van der Waals surface area contributed by atoms with E-state index in [9.17, 15) is 0 Å². The highest BCUT2D eigenvalue weighted by Gasteiger charge is 1.94. The maximum atomic E-state index is 5.20. The zero-order valence-corrected chi connectivity index (χ0v) is 12.7. The lowest BCUT2D eigenvalue weighted by Crippen LogP contribution is -2.39. The van der Waals surface area contributed by atoms with Crippen molar-refractivity contribution in [2.75, 3.05) is 46.6 Å². The van der Waals surface area contributed by atoms with Crippen molar-refractivity contribution in [3.05, 3.63) is 0 Å². The van der Waals surface area contributed by atoms with Gasteiger partial charge in [0.1, 0.15) is 0 Å². The summed E-state index contributed by atoms with van der Waals surface area (Å²) in [7, 11) is 1.68. The molecule has 0 aliphatic carbocycles. The number of hydrogen-bond acceptors (Lipinski definition) is 3. The summed E-state index contributed by atoms with van der Waals surface area (Å²) in [4.78, 5) is 4.34.